The van der Waals surface area contributed by atoms with E-state index in [2.05, 4.69) is 5.32 Å². The van der Waals surface area contributed by atoms with E-state index in [0.29, 0.717) is 12.8 Å². The standard InChI is InChI=1S/C17H17ClN2O5/c18-10-4-5-11(12(8-10)20(24)25)15(22)14-13(21)9-17(19-16(14)23)6-2-1-3-7-17/h4-5,8,14H,1-3,6-7,9H2,(H,19,23). The van der Waals surface area contributed by atoms with Gasteiger partial charge in [-0.2, -0.15) is 0 Å². The minimum atomic E-state index is -1.53. The number of carbonyl (C=O) groups excluding carboxylic acids is 3. The maximum atomic E-state index is 12.7. The number of nitro groups is 1. The molecular formula is C17H17ClN2O5. The van der Waals surface area contributed by atoms with Gasteiger partial charge in [0, 0.05) is 23.0 Å². The fourth-order valence-corrected chi connectivity index (χ4v) is 3.94. The fourth-order valence-electron chi connectivity index (χ4n) is 3.77. The van der Waals surface area contributed by atoms with Gasteiger partial charge in [-0.3, -0.25) is 24.5 Å². The Labute approximate surface area is 148 Å². The average Bonchev–Trinajstić information content (AvgIpc) is 2.54. The number of rotatable bonds is 3. The Kier molecular flexibility index (Phi) is 4.60. The monoisotopic (exact) mass is 364 g/mol. The van der Waals surface area contributed by atoms with Crippen LogP contribution in [-0.2, 0) is 9.59 Å². The van der Waals surface area contributed by atoms with Crippen LogP contribution in [0.2, 0.25) is 5.02 Å². The quantitative estimate of drug-likeness (QED) is 0.384. The highest BCUT2D eigenvalue weighted by molar-refractivity contribution is 6.31. The second-order valence-corrected chi connectivity index (χ2v) is 7.13. The Hall–Kier alpha value is -2.28. The van der Waals surface area contributed by atoms with E-state index in [1.54, 1.807) is 0 Å². The summed E-state index contributed by atoms with van der Waals surface area (Å²) in [6.07, 6.45) is 4.43. The van der Waals surface area contributed by atoms with E-state index >= 15 is 0 Å². The molecule has 3 rings (SSSR count). The number of Topliss-reactive ketones (excluding diaryl/α,β-unsaturated/α-hetero) is 2. The van der Waals surface area contributed by atoms with Crippen LogP contribution < -0.4 is 5.32 Å². The van der Waals surface area contributed by atoms with Crippen molar-refractivity contribution in [2.75, 3.05) is 0 Å². The molecule has 0 bridgehead atoms. The predicted molar refractivity (Wildman–Crippen MR) is 89.5 cm³/mol. The minimum Gasteiger partial charge on any atom is -0.349 e. The van der Waals surface area contributed by atoms with Gasteiger partial charge in [-0.15, -0.1) is 0 Å². The Morgan fingerprint density at radius 1 is 1.24 bits per heavy atom. The van der Waals surface area contributed by atoms with E-state index in [1.165, 1.54) is 12.1 Å². The van der Waals surface area contributed by atoms with Gasteiger partial charge < -0.3 is 5.32 Å². The second kappa shape index (κ2) is 6.55. The van der Waals surface area contributed by atoms with Crippen LogP contribution in [0.3, 0.4) is 0 Å². The molecule has 1 N–H and O–H groups in total. The van der Waals surface area contributed by atoms with Gasteiger partial charge in [0.2, 0.25) is 5.91 Å². The van der Waals surface area contributed by atoms with Crippen LogP contribution in [0.15, 0.2) is 18.2 Å². The van der Waals surface area contributed by atoms with Crippen molar-refractivity contribution in [1.82, 2.24) is 5.32 Å². The molecule has 1 aliphatic heterocycles. The number of nitro benzene ring substituents is 1. The summed E-state index contributed by atoms with van der Waals surface area (Å²) in [4.78, 5) is 48.2. The molecule has 1 atom stereocenters. The Morgan fingerprint density at radius 3 is 2.52 bits per heavy atom. The lowest BCUT2D eigenvalue weighted by molar-refractivity contribution is -0.385. The van der Waals surface area contributed by atoms with Crippen LogP contribution in [0.1, 0.15) is 48.9 Å². The largest absolute Gasteiger partial charge is 0.349 e. The normalized spacial score (nSPS) is 22.5. The van der Waals surface area contributed by atoms with Crippen LogP contribution in [0.25, 0.3) is 0 Å². The average molecular weight is 365 g/mol. The summed E-state index contributed by atoms with van der Waals surface area (Å²) in [7, 11) is 0. The maximum Gasteiger partial charge on any atom is 0.281 e. The first kappa shape index (κ1) is 17.5. The zero-order valence-electron chi connectivity index (χ0n) is 13.4. The number of nitrogens with zero attached hydrogens (tertiary/aromatic N) is 1. The highest BCUT2D eigenvalue weighted by Gasteiger charge is 2.48. The number of hydrogen-bond donors (Lipinski definition) is 1. The topological polar surface area (TPSA) is 106 Å². The lowest BCUT2D eigenvalue weighted by Gasteiger charge is -2.42. The van der Waals surface area contributed by atoms with Crippen molar-refractivity contribution < 1.29 is 19.3 Å². The third-order valence-electron chi connectivity index (χ3n) is 4.98. The molecule has 1 amide bonds. The first-order valence-corrected chi connectivity index (χ1v) is 8.54. The molecule has 1 spiro atoms. The first-order chi connectivity index (χ1) is 11.8. The van der Waals surface area contributed by atoms with Crippen LogP contribution in [0.5, 0.6) is 0 Å². The summed E-state index contributed by atoms with van der Waals surface area (Å²) in [5.41, 5.74) is -1.34. The Morgan fingerprint density at radius 2 is 1.92 bits per heavy atom. The molecule has 8 heteroatoms. The summed E-state index contributed by atoms with van der Waals surface area (Å²) in [6.45, 7) is 0. The number of nitrogens with one attached hydrogen (secondary N) is 1. The predicted octanol–water partition coefficient (Wildman–Crippen LogP) is 2.84. The molecule has 1 unspecified atom stereocenters. The van der Waals surface area contributed by atoms with Crippen LogP contribution in [-0.4, -0.2) is 27.9 Å². The molecule has 1 aromatic rings. The van der Waals surface area contributed by atoms with Gasteiger partial charge in [-0.1, -0.05) is 30.9 Å². The molecule has 1 aromatic carbocycles. The molecule has 25 heavy (non-hydrogen) atoms. The van der Waals surface area contributed by atoms with Crippen LogP contribution in [0.4, 0.5) is 5.69 Å². The van der Waals surface area contributed by atoms with Crippen molar-refractivity contribution >= 4 is 34.8 Å². The van der Waals surface area contributed by atoms with Crippen molar-refractivity contribution in [1.29, 1.82) is 0 Å². The lowest BCUT2D eigenvalue weighted by Crippen LogP contribution is -2.60. The second-order valence-electron chi connectivity index (χ2n) is 6.69. The smallest absolute Gasteiger partial charge is 0.281 e. The highest BCUT2D eigenvalue weighted by atomic mass is 35.5. The number of piperidine rings is 1. The van der Waals surface area contributed by atoms with E-state index in [9.17, 15) is 24.5 Å². The fraction of sp³-hybridized carbons (Fsp3) is 0.471. The van der Waals surface area contributed by atoms with E-state index in [4.69, 9.17) is 11.6 Å². The van der Waals surface area contributed by atoms with Crippen LogP contribution in [0, 0.1) is 16.0 Å². The van der Waals surface area contributed by atoms with Gasteiger partial charge >= 0.3 is 0 Å². The zero-order chi connectivity index (χ0) is 18.2. The van der Waals surface area contributed by atoms with Gasteiger partial charge in [0.1, 0.15) is 0 Å². The van der Waals surface area contributed by atoms with Gasteiger partial charge in [0.25, 0.3) is 5.69 Å². The number of ketones is 2. The summed E-state index contributed by atoms with van der Waals surface area (Å²) >= 11 is 5.74. The van der Waals surface area contributed by atoms with Gasteiger partial charge in [-0.25, -0.2) is 0 Å². The molecule has 1 heterocycles. The number of halogens is 1. The lowest BCUT2D eigenvalue weighted by atomic mass is 9.72. The molecule has 1 saturated carbocycles. The zero-order valence-corrected chi connectivity index (χ0v) is 14.2. The third kappa shape index (κ3) is 3.28. The minimum absolute atomic E-state index is 0.0938. The maximum absolute atomic E-state index is 12.7. The summed E-state index contributed by atoms with van der Waals surface area (Å²) < 4.78 is 0. The summed E-state index contributed by atoms with van der Waals surface area (Å²) in [5, 5.41) is 14.1. The van der Waals surface area contributed by atoms with Gasteiger partial charge in [0.15, 0.2) is 17.5 Å². The van der Waals surface area contributed by atoms with Gasteiger partial charge in [0.05, 0.1) is 10.5 Å². The van der Waals surface area contributed by atoms with Crippen molar-refractivity contribution in [2.45, 2.75) is 44.1 Å². The number of benzene rings is 1. The number of amides is 1. The SMILES string of the molecule is O=C1CC2(CCCCC2)NC(=O)C1C(=O)c1ccc(Cl)cc1[N+](=O)[O-]. The van der Waals surface area contributed by atoms with E-state index in [-0.39, 0.29) is 17.0 Å². The van der Waals surface area contributed by atoms with Crippen molar-refractivity contribution in [3.63, 3.8) is 0 Å². The molecular weight excluding hydrogens is 348 g/mol. The van der Waals surface area contributed by atoms with E-state index < -0.39 is 39.5 Å². The van der Waals surface area contributed by atoms with Crippen molar-refractivity contribution in [2.24, 2.45) is 5.92 Å². The van der Waals surface area contributed by atoms with Crippen molar-refractivity contribution in [3.05, 3.63) is 38.9 Å². The molecule has 2 fully saturated rings. The molecule has 1 aliphatic carbocycles. The summed E-state index contributed by atoms with van der Waals surface area (Å²) in [6, 6.07) is 3.56. The van der Waals surface area contributed by atoms with E-state index in [0.717, 1.165) is 25.3 Å². The number of carbonyl (C=O) groups is 3. The molecule has 0 radical (unpaired) electrons. The first-order valence-electron chi connectivity index (χ1n) is 8.16. The highest BCUT2D eigenvalue weighted by Crippen LogP contribution is 2.36. The third-order valence-corrected chi connectivity index (χ3v) is 5.22. The number of hydrogen-bond acceptors (Lipinski definition) is 5. The molecule has 7 nitrogen and oxygen atoms in total. The van der Waals surface area contributed by atoms with Crippen molar-refractivity contribution in [3.8, 4) is 0 Å². The van der Waals surface area contributed by atoms with Crippen LogP contribution >= 0.6 is 11.6 Å². The Balaban J connectivity index is 1.90. The Bertz CT molecular complexity index is 750. The van der Waals surface area contributed by atoms with E-state index in [1.807, 2.05) is 0 Å². The molecule has 0 aromatic heterocycles. The summed E-state index contributed by atoms with van der Waals surface area (Å²) in [5.74, 6) is -3.52. The van der Waals surface area contributed by atoms with Gasteiger partial charge in [-0.05, 0) is 25.0 Å². The molecule has 132 valence electrons. The molecule has 2 aliphatic rings. The molecule has 1 saturated heterocycles.